The second-order valence-corrected chi connectivity index (χ2v) is 3.85. The molecule has 0 saturated carbocycles. The number of hydrogen-bond acceptors (Lipinski definition) is 6. The SMILES string of the molecule is N=c1c2ncnc(Nc3ccccc3)c2ncn1O. The highest BCUT2D eigenvalue weighted by molar-refractivity contribution is 5.85. The van der Waals surface area contributed by atoms with E-state index >= 15 is 0 Å². The lowest BCUT2D eigenvalue weighted by molar-refractivity contribution is 0.168. The average Bonchev–Trinajstić information content (AvgIpc) is 2.45. The van der Waals surface area contributed by atoms with E-state index in [0.29, 0.717) is 16.1 Å². The van der Waals surface area contributed by atoms with E-state index in [1.807, 2.05) is 30.3 Å². The molecule has 7 nitrogen and oxygen atoms in total. The van der Waals surface area contributed by atoms with Gasteiger partial charge >= 0.3 is 0 Å². The summed E-state index contributed by atoms with van der Waals surface area (Å²) in [6, 6.07) is 9.50. The van der Waals surface area contributed by atoms with Crippen LogP contribution >= 0.6 is 0 Å². The molecule has 3 aromatic rings. The van der Waals surface area contributed by atoms with E-state index in [0.717, 1.165) is 12.0 Å². The Morgan fingerprint density at radius 1 is 1.05 bits per heavy atom. The Bertz CT molecular complexity index is 783. The first-order valence-corrected chi connectivity index (χ1v) is 5.54. The molecule has 0 saturated heterocycles. The monoisotopic (exact) mass is 254 g/mol. The van der Waals surface area contributed by atoms with Crippen molar-refractivity contribution in [1.29, 1.82) is 5.41 Å². The molecular formula is C12H10N6O. The van der Waals surface area contributed by atoms with Gasteiger partial charge in [0.15, 0.2) is 11.3 Å². The van der Waals surface area contributed by atoms with E-state index in [1.165, 1.54) is 6.33 Å². The van der Waals surface area contributed by atoms with E-state index in [2.05, 4.69) is 20.3 Å². The number of nitrogens with one attached hydrogen (secondary N) is 2. The summed E-state index contributed by atoms with van der Waals surface area (Å²) in [5.41, 5.74) is 1.43. The third kappa shape index (κ3) is 1.97. The van der Waals surface area contributed by atoms with Crippen LogP contribution in [0.2, 0.25) is 0 Å². The predicted octanol–water partition coefficient (Wildman–Crippen LogP) is 1.29. The fourth-order valence-corrected chi connectivity index (χ4v) is 1.70. The van der Waals surface area contributed by atoms with Crippen molar-refractivity contribution in [3.05, 3.63) is 48.5 Å². The van der Waals surface area contributed by atoms with Crippen LogP contribution in [0.25, 0.3) is 11.0 Å². The lowest BCUT2D eigenvalue weighted by atomic mass is 10.3. The number of rotatable bonds is 2. The summed E-state index contributed by atoms with van der Waals surface area (Å²) < 4.78 is 0.613. The first kappa shape index (κ1) is 11.1. The molecule has 0 radical (unpaired) electrons. The van der Waals surface area contributed by atoms with Crippen LogP contribution in [0, 0.1) is 5.41 Å². The van der Waals surface area contributed by atoms with Gasteiger partial charge in [-0.05, 0) is 12.1 Å². The molecule has 1 aromatic carbocycles. The molecule has 0 amide bonds. The molecule has 0 fully saturated rings. The van der Waals surface area contributed by atoms with Crippen molar-refractivity contribution in [2.75, 3.05) is 5.32 Å². The zero-order valence-electron chi connectivity index (χ0n) is 9.78. The molecule has 3 rings (SSSR count). The quantitative estimate of drug-likeness (QED) is 0.598. The Balaban J connectivity index is 2.15. The largest absolute Gasteiger partial charge is 0.425 e. The Morgan fingerprint density at radius 2 is 1.84 bits per heavy atom. The van der Waals surface area contributed by atoms with Crippen molar-refractivity contribution in [3.8, 4) is 0 Å². The van der Waals surface area contributed by atoms with E-state index in [4.69, 9.17) is 5.41 Å². The molecule has 0 atom stereocenters. The smallest absolute Gasteiger partial charge is 0.190 e. The van der Waals surface area contributed by atoms with Crippen molar-refractivity contribution in [2.45, 2.75) is 0 Å². The maximum atomic E-state index is 9.38. The number of fused-ring (bicyclic) bond motifs is 1. The van der Waals surface area contributed by atoms with Crippen LogP contribution in [0.1, 0.15) is 0 Å². The van der Waals surface area contributed by atoms with Crippen LogP contribution in [0.5, 0.6) is 0 Å². The highest BCUT2D eigenvalue weighted by Crippen LogP contribution is 2.18. The molecule has 2 heterocycles. The van der Waals surface area contributed by atoms with E-state index in [-0.39, 0.29) is 11.0 Å². The third-order valence-electron chi connectivity index (χ3n) is 2.61. The first-order chi connectivity index (χ1) is 9.25. The van der Waals surface area contributed by atoms with Crippen LogP contribution in [0.15, 0.2) is 43.0 Å². The van der Waals surface area contributed by atoms with Crippen molar-refractivity contribution in [1.82, 2.24) is 19.7 Å². The Labute approximate surface area is 107 Å². The minimum Gasteiger partial charge on any atom is -0.425 e. The molecule has 0 unspecified atom stereocenters. The van der Waals surface area contributed by atoms with Crippen molar-refractivity contribution >= 4 is 22.5 Å². The Kier molecular flexibility index (Phi) is 2.57. The van der Waals surface area contributed by atoms with Crippen LogP contribution in [-0.2, 0) is 0 Å². The molecule has 0 bridgehead atoms. The average molecular weight is 254 g/mol. The number of nitrogens with zero attached hydrogens (tertiary/aromatic N) is 4. The van der Waals surface area contributed by atoms with Gasteiger partial charge in [0.2, 0.25) is 0 Å². The molecule has 0 aliphatic rings. The van der Waals surface area contributed by atoms with Crippen molar-refractivity contribution in [2.24, 2.45) is 0 Å². The minimum atomic E-state index is -0.136. The minimum absolute atomic E-state index is 0.136. The Morgan fingerprint density at radius 3 is 2.63 bits per heavy atom. The number of anilines is 2. The van der Waals surface area contributed by atoms with Gasteiger partial charge in [-0.15, -0.1) is 0 Å². The van der Waals surface area contributed by atoms with E-state index in [1.54, 1.807) is 0 Å². The van der Waals surface area contributed by atoms with E-state index in [9.17, 15) is 5.21 Å². The van der Waals surface area contributed by atoms with Crippen molar-refractivity contribution in [3.63, 3.8) is 0 Å². The van der Waals surface area contributed by atoms with Gasteiger partial charge in [-0.25, -0.2) is 15.0 Å². The second-order valence-electron chi connectivity index (χ2n) is 3.85. The molecule has 0 spiro atoms. The molecule has 2 aromatic heterocycles. The molecule has 94 valence electrons. The number of hydrogen-bond donors (Lipinski definition) is 3. The summed E-state index contributed by atoms with van der Waals surface area (Å²) in [6.45, 7) is 0. The topological polar surface area (TPSA) is 99.7 Å². The molecule has 0 aliphatic heterocycles. The summed E-state index contributed by atoms with van der Waals surface area (Å²) >= 11 is 0. The van der Waals surface area contributed by atoms with Crippen LogP contribution in [0.4, 0.5) is 11.5 Å². The summed E-state index contributed by atoms with van der Waals surface area (Å²) in [5, 5.41) is 20.2. The standard InChI is InChI=1S/C12H10N6O/c13-11-9-10(16-7-18(11)19)12(15-6-14-9)17-8-4-2-1-3-5-8/h1-7,13,19H,(H,14,15,17). The summed E-state index contributed by atoms with van der Waals surface area (Å²) in [6.07, 6.45) is 2.47. The maximum Gasteiger partial charge on any atom is 0.190 e. The number of benzene rings is 1. The summed E-state index contributed by atoms with van der Waals surface area (Å²) in [4.78, 5) is 12.1. The summed E-state index contributed by atoms with van der Waals surface area (Å²) in [7, 11) is 0. The lowest BCUT2D eigenvalue weighted by Gasteiger charge is -2.07. The van der Waals surface area contributed by atoms with Crippen LogP contribution < -0.4 is 10.8 Å². The van der Waals surface area contributed by atoms with Gasteiger partial charge in [0.05, 0.1) is 0 Å². The number of aromatic nitrogens is 4. The highest BCUT2D eigenvalue weighted by Gasteiger charge is 2.08. The summed E-state index contributed by atoms with van der Waals surface area (Å²) in [5.74, 6) is 0.491. The van der Waals surface area contributed by atoms with Gasteiger partial charge in [0.25, 0.3) is 0 Å². The predicted molar refractivity (Wildman–Crippen MR) is 68.1 cm³/mol. The first-order valence-electron chi connectivity index (χ1n) is 5.54. The van der Waals surface area contributed by atoms with Gasteiger partial charge in [-0.1, -0.05) is 18.2 Å². The fourth-order valence-electron chi connectivity index (χ4n) is 1.70. The number of para-hydroxylation sites is 1. The molecule has 3 N–H and O–H groups in total. The Hall–Kier alpha value is -2.96. The van der Waals surface area contributed by atoms with Gasteiger partial charge < -0.3 is 10.5 Å². The van der Waals surface area contributed by atoms with Gasteiger partial charge in [0, 0.05) is 5.69 Å². The van der Waals surface area contributed by atoms with E-state index < -0.39 is 0 Å². The zero-order valence-corrected chi connectivity index (χ0v) is 9.78. The normalized spacial score (nSPS) is 10.5. The van der Waals surface area contributed by atoms with Crippen LogP contribution in [-0.4, -0.2) is 24.9 Å². The highest BCUT2D eigenvalue weighted by atomic mass is 16.5. The lowest BCUT2D eigenvalue weighted by Crippen LogP contribution is -2.19. The second kappa shape index (κ2) is 4.37. The maximum absolute atomic E-state index is 9.38. The van der Waals surface area contributed by atoms with Gasteiger partial charge in [0.1, 0.15) is 23.7 Å². The van der Waals surface area contributed by atoms with Crippen LogP contribution in [0.3, 0.4) is 0 Å². The molecular weight excluding hydrogens is 244 g/mol. The van der Waals surface area contributed by atoms with Gasteiger partial charge in [-0.2, -0.15) is 4.73 Å². The molecule has 19 heavy (non-hydrogen) atoms. The molecule has 7 heteroatoms. The zero-order chi connectivity index (χ0) is 13.2. The molecule has 0 aliphatic carbocycles. The third-order valence-corrected chi connectivity index (χ3v) is 2.61. The van der Waals surface area contributed by atoms with Crippen molar-refractivity contribution < 1.29 is 5.21 Å². The fraction of sp³-hybridized carbons (Fsp3) is 0. The van der Waals surface area contributed by atoms with Gasteiger partial charge in [-0.3, -0.25) is 5.41 Å².